The Morgan fingerprint density at radius 3 is 2.53 bits per heavy atom. The van der Waals surface area contributed by atoms with Crippen LogP contribution in [-0.4, -0.2) is 30.1 Å². The summed E-state index contributed by atoms with van der Waals surface area (Å²) >= 11 is 1.48. The fourth-order valence-corrected chi connectivity index (χ4v) is 5.53. The number of piperidine rings is 1. The maximum atomic E-state index is 12.4. The van der Waals surface area contributed by atoms with Crippen LogP contribution in [0.3, 0.4) is 0 Å². The van der Waals surface area contributed by atoms with Crippen molar-refractivity contribution in [2.45, 2.75) is 32.2 Å². The summed E-state index contributed by atoms with van der Waals surface area (Å²) in [5, 5.41) is 4.01. The number of ether oxygens (including phenoxy) is 1. The van der Waals surface area contributed by atoms with Gasteiger partial charge in [0.05, 0.1) is 7.11 Å². The molecule has 3 heterocycles. The number of nitrogens with zero attached hydrogens (tertiary/aromatic N) is 1. The van der Waals surface area contributed by atoms with Crippen LogP contribution in [0.25, 0.3) is 32.1 Å². The van der Waals surface area contributed by atoms with E-state index in [1.54, 1.807) is 7.11 Å². The average Bonchev–Trinajstić information content (AvgIpc) is 3.29. The number of H-pyrrole nitrogens is 1. The Morgan fingerprint density at radius 2 is 1.80 bits per heavy atom. The highest BCUT2D eigenvalue weighted by atomic mass is 32.1. The number of fused-ring (bicyclic) bond motifs is 3. The van der Waals surface area contributed by atoms with Gasteiger partial charge in [0.15, 0.2) is 0 Å². The standard InChI is InChI=1S/C25H26N2O2S/c1-16(27-13-4-3-5-14-27)17-6-8-18(9-7-17)22-21(29-2)11-10-20-23(22)19-12-15-30-24(19)25(28)26-20/h6-12,15-16H,3-5,13-14H2,1-2H3,(H,26,28). The summed E-state index contributed by atoms with van der Waals surface area (Å²) < 4.78 is 6.50. The monoisotopic (exact) mass is 418 g/mol. The first-order chi connectivity index (χ1) is 14.7. The van der Waals surface area contributed by atoms with Gasteiger partial charge < -0.3 is 9.72 Å². The first kappa shape index (κ1) is 19.3. The summed E-state index contributed by atoms with van der Waals surface area (Å²) in [5.74, 6) is 0.818. The van der Waals surface area contributed by atoms with E-state index in [2.05, 4.69) is 41.1 Å². The third kappa shape index (κ3) is 3.22. The zero-order valence-corrected chi connectivity index (χ0v) is 18.2. The van der Waals surface area contributed by atoms with E-state index in [1.807, 2.05) is 23.6 Å². The Labute approximate surface area is 180 Å². The summed E-state index contributed by atoms with van der Waals surface area (Å²) in [6.07, 6.45) is 3.94. The minimum atomic E-state index is -0.0330. The van der Waals surface area contributed by atoms with Gasteiger partial charge in [0.2, 0.25) is 0 Å². The predicted octanol–water partition coefficient (Wildman–Crippen LogP) is 5.97. The Balaban J connectivity index is 1.63. The van der Waals surface area contributed by atoms with Crippen LogP contribution >= 0.6 is 11.3 Å². The van der Waals surface area contributed by atoms with Gasteiger partial charge in [-0.2, -0.15) is 0 Å². The molecular formula is C25H26N2O2S. The zero-order chi connectivity index (χ0) is 20.7. The van der Waals surface area contributed by atoms with E-state index in [-0.39, 0.29) is 5.56 Å². The molecule has 1 aliphatic heterocycles. The van der Waals surface area contributed by atoms with Crippen molar-refractivity contribution in [1.82, 2.24) is 9.88 Å². The molecule has 154 valence electrons. The third-order valence-electron chi connectivity index (χ3n) is 6.40. The fraction of sp³-hybridized carbons (Fsp3) is 0.320. The van der Waals surface area contributed by atoms with E-state index in [4.69, 9.17) is 4.74 Å². The van der Waals surface area contributed by atoms with Crippen LogP contribution in [0.5, 0.6) is 5.75 Å². The largest absolute Gasteiger partial charge is 0.496 e. The number of methoxy groups -OCH3 is 1. The van der Waals surface area contributed by atoms with Gasteiger partial charge in [-0.15, -0.1) is 11.3 Å². The van der Waals surface area contributed by atoms with Gasteiger partial charge >= 0.3 is 0 Å². The molecule has 5 heteroatoms. The average molecular weight is 419 g/mol. The van der Waals surface area contributed by atoms with E-state index in [1.165, 1.54) is 49.3 Å². The van der Waals surface area contributed by atoms with Gasteiger partial charge in [0.1, 0.15) is 10.4 Å². The molecule has 1 unspecified atom stereocenters. The van der Waals surface area contributed by atoms with Crippen LogP contribution in [0.15, 0.2) is 52.6 Å². The van der Waals surface area contributed by atoms with Gasteiger partial charge in [-0.05, 0) is 67.6 Å². The van der Waals surface area contributed by atoms with Crippen LogP contribution in [0.1, 0.15) is 37.8 Å². The Hall–Kier alpha value is -2.63. The number of aromatic amines is 1. The van der Waals surface area contributed by atoms with Gasteiger partial charge in [0.25, 0.3) is 5.56 Å². The van der Waals surface area contributed by atoms with Gasteiger partial charge in [0, 0.05) is 27.9 Å². The second-order valence-electron chi connectivity index (χ2n) is 8.08. The van der Waals surface area contributed by atoms with Crippen molar-refractivity contribution in [3.05, 3.63) is 63.8 Å². The second kappa shape index (κ2) is 7.89. The van der Waals surface area contributed by atoms with Crippen LogP contribution in [0.4, 0.5) is 0 Å². The molecule has 30 heavy (non-hydrogen) atoms. The van der Waals surface area contributed by atoms with Crippen molar-refractivity contribution in [3.8, 4) is 16.9 Å². The molecule has 2 aromatic carbocycles. The smallest absolute Gasteiger partial charge is 0.266 e. The Kier molecular flexibility index (Phi) is 5.09. The van der Waals surface area contributed by atoms with Gasteiger partial charge in [-0.25, -0.2) is 0 Å². The lowest BCUT2D eigenvalue weighted by molar-refractivity contribution is 0.175. The van der Waals surface area contributed by atoms with Crippen molar-refractivity contribution < 1.29 is 4.74 Å². The molecule has 0 amide bonds. The third-order valence-corrected chi connectivity index (χ3v) is 7.31. The Morgan fingerprint density at radius 1 is 1.03 bits per heavy atom. The highest BCUT2D eigenvalue weighted by molar-refractivity contribution is 7.17. The van der Waals surface area contributed by atoms with Crippen LogP contribution in [-0.2, 0) is 0 Å². The van der Waals surface area contributed by atoms with E-state index in [0.717, 1.165) is 37.9 Å². The number of benzene rings is 2. The van der Waals surface area contributed by atoms with Crippen molar-refractivity contribution >= 4 is 32.3 Å². The van der Waals surface area contributed by atoms with Gasteiger partial charge in [-0.3, -0.25) is 9.69 Å². The molecule has 1 aliphatic rings. The molecule has 1 fully saturated rings. The molecule has 1 N–H and O–H groups in total. The zero-order valence-electron chi connectivity index (χ0n) is 17.4. The summed E-state index contributed by atoms with van der Waals surface area (Å²) in [6.45, 7) is 4.67. The minimum Gasteiger partial charge on any atom is -0.496 e. The summed E-state index contributed by atoms with van der Waals surface area (Å²) in [7, 11) is 1.70. The fourth-order valence-electron chi connectivity index (χ4n) is 4.73. The number of aromatic nitrogens is 1. The van der Waals surface area contributed by atoms with Crippen molar-refractivity contribution in [2.24, 2.45) is 0 Å². The number of thiophene rings is 1. The first-order valence-electron chi connectivity index (χ1n) is 10.6. The number of likely N-dealkylation sites (tertiary alicyclic amines) is 1. The number of hydrogen-bond acceptors (Lipinski definition) is 4. The van der Waals surface area contributed by atoms with Crippen molar-refractivity contribution in [1.29, 1.82) is 0 Å². The molecule has 0 bridgehead atoms. The lowest BCUT2D eigenvalue weighted by Crippen LogP contribution is -2.32. The quantitative estimate of drug-likeness (QED) is 0.444. The van der Waals surface area contributed by atoms with Crippen molar-refractivity contribution in [2.75, 3.05) is 20.2 Å². The normalized spacial score (nSPS) is 16.2. The lowest BCUT2D eigenvalue weighted by atomic mass is 9.95. The first-order valence-corrected chi connectivity index (χ1v) is 11.5. The van der Waals surface area contributed by atoms with E-state index < -0.39 is 0 Å². The highest BCUT2D eigenvalue weighted by Gasteiger charge is 2.19. The molecule has 0 radical (unpaired) electrons. The number of rotatable bonds is 4. The molecular weight excluding hydrogens is 392 g/mol. The lowest BCUT2D eigenvalue weighted by Gasteiger charge is -2.32. The van der Waals surface area contributed by atoms with Gasteiger partial charge in [-0.1, -0.05) is 30.7 Å². The summed E-state index contributed by atoms with van der Waals surface area (Å²) in [5.41, 5.74) is 4.29. The van der Waals surface area contributed by atoms with E-state index >= 15 is 0 Å². The topological polar surface area (TPSA) is 45.3 Å². The second-order valence-corrected chi connectivity index (χ2v) is 8.99. The highest BCUT2D eigenvalue weighted by Crippen LogP contribution is 2.40. The van der Waals surface area contributed by atoms with Crippen LogP contribution < -0.4 is 10.3 Å². The molecule has 0 aliphatic carbocycles. The molecule has 1 saturated heterocycles. The summed E-state index contributed by atoms with van der Waals surface area (Å²) in [4.78, 5) is 18.1. The van der Waals surface area contributed by atoms with Crippen LogP contribution in [0.2, 0.25) is 0 Å². The maximum absolute atomic E-state index is 12.4. The SMILES string of the molecule is COc1ccc2[nH]c(=O)c3sccc3c2c1-c1ccc(C(C)N2CCCCC2)cc1. The Bertz CT molecular complexity index is 1250. The van der Waals surface area contributed by atoms with E-state index in [0.29, 0.717) is 6.04 Å². The molecule has 5 rings (SSSR count). The maximum Gasteiger partial charge on any atom is 0.266 e. The van der Waals surface area contributed by atoms with Crippen molar-refractivity contribution in [3.63, 3.8) is 0 Å². The molecule has 4 nitrogen and oxygen atoms in total. The molecule has 1 atom stereocenters. The number of nitrogens with one attached hydrogen (secondary N) is 1. The van der Waals surface area contributed by atoms with Crippen LogP contribution in [0, 0.1) is 0 Å². The summed E-state index contributed by atoms with van der Waals surface area (Å²) in [6, 6.07) is 15.2. The number of hydrogen-bond donors (Lipinski definition) is 1. The molecule has 2 aromatic heterocycles. The predicted molar refractivity (Wildman–Crippen MR) is 126 cm³/mol. The van der Waals surface area contributed by atoms with E-state index in [9.17, 15) is 4.79 Å². The molecule has 0 spiro atoms. The molecule has 0 saturated carbocycles. The minimum absolute atomic E-state index is 0.0330. The molecule has 4 aromatic rings. The number of pyridine rings is 1.